The zero-order chi connectivity index (χ0) is 12.0. The molecule has 0 radical (unpaired) electrons. The molecule has 0 atom stereocenters. The number of benzene rings is 1. The molecule has 0 aromatic heterocycles. The molecule has 86 valence electrons. The largest absolute Gasteiger partial charge is 0.492 e. The van der Waals surface area contributed by atoms with Crippen LogP contribution in [0.3, 0.4) is 0 Å². The van der Waals surface area contributed by atoms with Crippen molar-refractivity contribution in [1.82, 2.24) is 5.32 Å². The summed E-state index contributed by atoms with van der Waals surface area (Å²) in [5, 5.41) is 11.7. The Morgan fingerprint density at radius 3 is 2.56 bits per heavy atom. The van der Waals surface area contributed by atoms with Crippen molar-refractivity contribution in [3.63, 3.8) is 0 Å². The molecule has 0 unspecified atom stereocenters. The molecular formula is C12H15NO3. The van der Waals surface area contributed by atoms with E-state index in [-0.39, 0.29) is 5.57 Å². The highest BCUT2D eigenvalue weighted by Crippen LogP contribution is 2.17. The van der Waals surface area contributed by atoms with E-state index in [0.717, 1.165) is 12.3 Å². The van der Waals surface area contributed by atoms with E-state index in [2.05, 4.69) is 11.9 Å². The van der Waals surface area contributed by atoms with E-state index in [1.54, 1.807) is 24.3 Å². The second kappa shape index (κ2) is 5.92. The summed E-state index contributed by atoms with van der Waals surface area (Å²) in [7, 11) is 1.85. The van der Waals surface area contributed by atoms with Gasteiger partial charge in [0.05, 0.1) is 5.57 Å². The van der Waals surface area contributed by atoms with Gasteiger partial charge in [-0.3, -0.25) is 0 Å². The molecule has 2 N–H and O–H groups in total. The second-order valence-corrected chi connectivity index (χ2v) is 3.26. The van der Waals surface area contributed by atoms with Crippen LogP contribution in [0.15, 0.2) is 30.8 Å². The van der Waals surface area contributed by atoms with Gasteiger partial charge in [0.15, 0.2) is 0 Å². The Bertz CT molecular complexity index is 370. The van der Waals surface area contributed by atoms with E-state index >= 15 is 0 Å². The van der Waals surface area contributed by atoms with Gasteiger partial charge >= 0.3 is 5.97 Å². The zero-order valence-electron chi connectivity index (χ0n) is 9.19. The Morgan fingerprint density at radius 1 is 1.44 bits per heavy atom. The summed E-state index contributed by atoms with van der Waals surface area (Å²) >= 11 is 0. The third-order valence-electron chi connectivity index (χ3n) is 2.08. The Kier molecular flexibility index (Phi) is 4.54. The van der Waals surface area contributed by atoms with E-state index in [4.69, 9.17) is 9.84 Å². The fraction of sp³-hybridized carbons (Fsp3) is 0.250. The van der Waals surface area contributed by atoms with Gasteiger partial charge in [0.2, 0.25) is 0 Å². The molecule has 4 nitrogen and oxygen atoms in total. The number of rotatable bonds is 6. The number of carbonyl (C=O) groups is 1. The van der Waals surface area contributed by atoms with Crippen molar-refractivity contribution in [3.8, 4) is 5.75 Å². The monoisotopic (exact) mass is 221 g/mol. The number of carboxylic acid groups (broad SMARTS) is 1. The lowest BCUT2D eigenvalue weighted by atomic mass is 10.1. The van der Waals surface area contributed by atoms with Gasteiger partial charge in [-0.25, -0.2) is 4.79 Å². The molecule has 4 heteroatoms. The number of nitrogens with one attached hydrogen (secondary N) is 1. The lowest BCUT2D eigenvalue weighted by molar-refractivity contribution is -0.130. The molecule has 1 aromatic rings. The Labute approximate surface area is 94.6 Å². The molecule has 1 rings (SSSR count). The average molecular weight is 221 g/mol. The van der Waals surface area contributed by atoms with Gasteiger partial charge in [0, 0.05) is 6.54 Å². The first kappa shape index (κ1) is 12.3. The van der Waals surface area contributed by atoms with Crippen LogP contribution in [0.25, 0.3) is 5.57 Å². The van der Waals surface area contributed by atoms with Crippen LogP contribution in [0.4, 0.5) is 0 Å². The normalized spacial score (nSPS) is 9.81. The molecule has 0 fully saturated rings. The molecule has 0 saturated heterocycles. The zero-order valence-corrected chi connectivity index (χ0v) is 9.19. The van der Waals surface area contributed by atoms with Crippen LogP contribution in [-0.4, -0.2) is 31.3 Å². The van der Waals surface area contributed by atoms with Gasteiger partial charge in [-0.2, -0.15) is 0 Å². The van der Waals surface area contributed by atoms with Gasteiger partial charge in [0.1, 0.15) is 12.4 Å². The topological polar surface area (TPSA) is 58.6 Å². The SMILES string of the molecule is C=C(C(=O)O)c1ccc(OCCNC)cc1. The standard InChI is InChI=1S/C12H15NO3/c1-9(12(14)15)10-3-5-11(6-4-10)16-8-7-13-2/h3-6,13H,1,7-8H2,2H3,(H,14,15). The minimum atomic E-state index is -1.01. The predicted octanol–water partition coefficient (Wildman–Crippen LogP) is 1.38. The van der Waals surface area contributed by atoms with Crippen molar-refractivity contribution in [2.24, 2.45) is 0 Å². The van der Waals surface area contributed by atoms with Crippen molar-refractivity contribution >= 4 is 11.5 Å². The lowest BCUT2D eigenvalue weighted by Crippen LogP contribution is -2.15. The van der Waals surface area contributed by atoms with E-state index in [9.17, 15) is 4.79 Å². The van der Waals surface area contributed by atoms with Crippen LogP contribution < -0.4 is 10.1 Å². The second-order valence-electron chi connectivity index (χ2n) is 3.26. The van der Waals surface area contributed by atoms with Crippen LogP contribution in [-0.2, 0) is 4.79 Å². The molecular weight excluding hydrogens is 206 g/mol. The summed E-state index contributed by atoms with van der Waals surface area (Å²) in [6.45, 7) is 4.83. The Hall–Kier alpha value is -1.81. The third-order valence-corrected chi connectivity index (χ3v) is 2.08. The van der Waals surface area contributed by atoms with E-state index < -0.39 is 5.97 Å². The van der Waals surface area contributed by atoms with Crippen molar-refractivity contribution in [2.45, 2.75) is 0 Å². The summed E-state index contributed by atoms with van der Waals surface area (Å²) in [5.41, 5.74) is 0.676. The summed E-state index contributed by atoms with van der Waals surface area (Å²) in [6.07, 6.45) is 0. The van der Waals surface area contributed by atoms with Crippen molar-refractivity contribution in [2.75, 3.05) is 20.2 Å². The fourth-order valence-corrected chi connectivity index (χ4v) is 1.15. The lowest BCUT2D eigenvalue weighted by Gasteiger charge is -2.06. The van der Waals surface area contributed by atoms with Crippen LogP contribution in [0.1, 0.15) is 5.56 Å². The number of ether oxygens (including phenoxy) is 1. The summed E-state index contributed by atoms with van der Waals surface area (Å²) in [4.78, 5) is 10.7. The molecule has 0 saturated carbocycles. The minimum Gasteiger partial charge on any atom is -0.492 e. The van der Waals surface area contributed by atoms with Gasteiger partial charge in [-0.15, -0.1) is 0 Å². The minimum absolute atomic E-state index is 0.0850. The summed E-state index contributed by atoms with van der Waals surface area (Å²) in [5.74, 6) is -0.291. The molecule has 0 aliphatic heterocycles. The van der Waals surface area contributed by atoms with Crippen molar-refractivity contribution in [3.05, 3.63) is 36.4 Å². The molecule has 0 aliphatic rings. The predicted molar refractivity (Wildman–Crippen MR) is 62.5 cm³/mol. The molecule has 0 amide bonds. The first-order chi connectivity index (χ1) is 7.65. The molecule has 16 heavy (non-hydrogen) atoms. The Balaban J connectivity index is 2.61. The highest BCUT2D eigenvalue weighted by molar-refractivity contribution is 6.14. The smallest absolute Gasteiger partial charge is 0.335 e. The molecule has 0 spiro atoms. The van der Waals surface area contributed by atoms with E-state index in [1.807, 2.05) is 7.05 Å². The third kappa shape index (κ3) is 3.40. The fourth-order valence-electron chi connectivity index (χ4n) is 1.15. The van der Waals surface area contributed by atoms with Crippen LogP contribution in [0.5, 0.6) is 5.75 Å². The molecule has 0 bridgehead atoms. The van der Waals surface area contributed by atoms with E-state index in [0.29, 0.717) is 12.2 Å². The summed E-state index contributed by atoms with van der Waals surface area (Å²) < 4.78 is 5.40. The number of hydrogen-bond acceptors (Lipinski definition) is 3. The number of aliphatic carboxylic acids is 1. The molecule has 0 heterocycles. The molecule has 1 aromatic carbocycles. The van der Waals surface area contributed by atoms with Crippen LogP contribution in [0, 0.1) is 0 Å². The first-order valence-corrected chi connectivity index (χ1v) is 4.95. The van der Waals surface area contributed by atoms with Gasteiger partial charge in [-0.1, -0.05) is 18.7 Å². The summed E-state index contributed by atoms with van der Waals surface area (Å²) in [6, 6.07) is 6.84. The van der Waals surface area contributed by atoms with Gasteiger partial charge in [-0.05, 0) is 24.7 Å². The molecule has 0 aliphatic carbocycles. The number of hydrogen-bond donors (Lipinski definition) is 2. The van der Waals surface area contributed by atoms with Gasteiger partial charge < -0.3 is 15.2 Å². The Morgan fingerprint density at radius 2 is 2.06 bits per heavy atom. The van der Waals surface area contributed by atoms with Gasteiger partial charge in [0.25, 0.3) is 0 Å². The quantitative estimate of drug-likeness (QED) is 0.563. The van der Waals surface area contributed by atoms with Crippen LogP contribution in [0.2, 0.25) is 0 Å². The maximum Gasteiger partial charge on any atom is 0.335 e. The van der Waals surface area contributed by atoms with Crippen molar-refractivity contribution in [1.29, 1.82) is 0 Å². The highest BCUT2D eigenvalue weighted by Gasteiger charge is 2.06. The maximum absolute atomic E-state index is 10.7. The maximum atomic E-state index is 10.7. The highest BCUT2D eigenvalue weighted by atomic mass is 16.5. The van der Waals surface area contributed by atoms with Crippen molar-refractivity contribution < 1.29 is 14.6 Å². The number of carboxylic acids is 1. The number of likely N-dealkylation sites (N-methyl/N-ethyl adjacent to an activating group) is 1. The average Bonchev–Trinajstić information content (AvgIpc) is 2.29. The van der Waals surface area contributed by atoms with Crippen LogP contribution >= 0.6 is 0 Å². The van der Waals surface area contributed by atoms with E-state index in [1.165, 1.54) is 0 Å². The first-order valence-electron chi connectivity index (χ1n) is 4.95.